The van der Waals surface area contributed by atoms with E-state index in [0.717, 1.165) is 36.4 Å². The summed E-state index contributed by atoms with van der Waals surface area (Å²) < 4.78 is 5.71. The lowest BCUT2D eigenvalue weighted by Gasteiger charge is -2.37. The molecule has 1 N–H and O–H groups in total. The first kappa shape index (κ1) is 20.2. The molecule has 0 spiro atoms. The molecule has 28 heavy (non-hydrogen) atoms. The summed E-state index contributed by atoms with van der Waals surface area (Å²) in [4.78, 5) is 16.0. The Morgan fingerprint density at radius 2 is 1.96 bits per heavy atom. The van der Waals surface area contributed by atoms with Crippen molar-refractivity contribution in [3.8, 4) is 5.75 Å². The highest BCUT2D eigenvalue weighted by atomic mass is 16.5. The molecule has 0 radical (unpaired) electrons. The van der Waals surface area contributed by atoms with Gasteiger partial charge in [-0.05, 0) is 61.7 Å². The van der Waals surface area contributed by atoms with E-state index in [0.29, 0.717) is 13.2 Å². The largest absolute Gasteiger partial charge is 0.494 e. The molecule has 1 aliphatic rings. The van der Waals surface area contributed by atoms with Gasteiger partial charge in [-0.25, -0.2) is 0 Å². The van der Waals surface area contributed by atoms with Crippen LogP contribution in [0, 0.1) is 5.92 Å². The summed E-state index contributed by atoms with van der Waals surface area (Å²) in [6, 6.07) is 16.7. The highest BCUT2D eigenvalue weighted by Gasteiger charge is 2.31. The second kappa shape index (κ2) is 9.11. The molecule has 2 aromatic carbocycles. The standard InChI is InChI=1S/C23H30N2O3/c1-4-28-21-9-5-7-18(15-21)22(17-10-12-20(13-11-17)24(2)3)25-14-6-8-19(16-25)23(26)27/h5,7,9-13,15,19,22H,4,6,8,14,16H2,1-3H3,(H,26,27). The zero-order valence-corrected chi connectivity index (χ0v) is 17.0. The Balaban J connectivity index is 1.98. The topological polar surface area (TPSA) is 53.0 Å². The van der Waals surface area contributed by atoms with Gasteiger partial charge in [0.15, 0.2) is 0 Å². The van der Waals surface area contributed by atoms with E-state index >= 15 is 0 Å². The number of carboxylic acid groups (broad SMARTS) is 1. The van der Waals surface area contributed by atoms with Gasteiger partial charge in [0.1, 0.15) is 5.75 Å². The van der Waals surface area contributed by atoms with E-state index in [2.05, 4.69) is 46.2 Å². The number of anilines is 1. The third kappa shape index (κ3) is 4.65. The minimum absolute atomic E-state index is 0.0127. The highest BCUT2D eigenvalue weighted by molar-refractivity contribution is 5.70. The van der Waals surface area contributed by atoms with Gasteiger partial charge in [-0.3, -0.25) is 9.69 Å². The molecule has 0 saturated carbocycles. The molecule has 2 unspecified atom stereocenters. The fourth-order valence-corrected chi connectivity index (χ4v) is 3.95. The lowest BCUT2D eigenvalue weighted by atomic mass is 9.91. The second-order valence-electron chi connectivity index (χ2n) is 7.57. The van der Waals surface area contributed by atoms with Crippen LogP contribution in [0.1, 0.15) is 36.9 Å². The van der Waals surface area contributed by atoms with Crippen molar-refractivity contribution in [3.63, 3.8) is 0 Å². The Hall–Kier alpha value is -2.53. The molecule has 1 heterocycles. The van der Waals surface area contributed by atoms with E-state index in [4.69, 9.17) is 4.74 Å². The number of nitrogens with zero attached hydrogens (tertiary/aromatic N) is 2. The number of carboxylic acids is 1. The molecule has 0 bridgehead atoms. The summed E-state index contributed by atoms with van der Waals surface area (Å²) in [7, 11) is 4.06. The van der Waals surface area contributed by atoms with Gasteiger partial charge in [-0.15, -0.1) is 0 Å². The number of carbonyl (C=O) groups is 1. The minimum atomic E-state index is -0.700. The van der Waals surface area contributed by atoms with Crippen LogP contribution in [0.15, 0.2) is 48.5 Å². The summed E-state index contributed by atoms with van der Waals surface area (Å²) in [5, 5.41) is 9.54. The maximum atomic E-state index is 11.6. The number of likely N-dealkylation sites (tertiary alicyclic amines) is 1. The van der Waals surface area contributed by atoms with Gasteiger partial charge in [0, 0.05) is 26.3 Å². The third-order valence-electron chi connectivity index (χ3n) is 5.38. The maximum absolute atomic E-state index is 11.6. The third-order valence-corrected chi connectivity index (χ3v) is 5.38. The van der Waals surface area contributed by atoms with Gasteiger partial charge < -0.3 is 14.7 Å². The first-order chi connectivity index (χ1) is 13.5. The van der Waals surface area contributed by atoms with Gasteiger partial charge in [-0.1, -0.05) is 24.3 Å². The average molecular weight is 383 g/mol. The molecule has 150 valence electrons. The van der Waals surface area contributed by atoms with Crippen LogP contribution in [-0.4, -0.2) is 49.8 Å². The summed E-state index contributed by atoms with van der Waals surface area (Å²) in [5.74, 6) is -0.163. The van der Waals surface area contributed by atoms with Crippen molar-refractivity contribution < 1.29 is 14.6 Å². The first-order valence-corrected chi connectivity index (χ1v) is 9.96. The number of hydrogen-bond donors (Lipinski definition) is 1. The second-order valence-corrected chi connectivity index (χ2v) is 7.57. The Morgan fingerprint density at radius 3 is 2.61 bits per heavy atom. The van der Waals surface area contributed by atoms with Crippen molar-refractivity contribution in [1.82, 2.24) is 4.90 Å². The average Bonchev–Trinajstić information content (AvgIpc) is 2.69. The Labute approximate surface area is 167 Å². The van der Waals surface area contributed by atoms with Crippen molar-refractivity contribution in [1.29, 1.82) is 0 Å². The molecule has 0 amide bonds. The molecule has 2 atom stereocenters. The van der Waals surface area contributed by atoms with Crippen LogP contribution in [0.4, 0.5) is 5.69 Å². The van der Waals surface area contributed by atoms with Crippen molar-refractivity contribution in [2.45, 2.75) is 25.8 Å². The highest BCUT2D eigenvalue weighted by Crippen LogP contribution is 2.34. The fraction of sp³-hybridized carbons (Fsp3) is 0.435. The van der Waals surface area contributed by atoms with Crippen molar-refractivity contribution in [2.75, 3.05) is 38.7 Å². The molecule has 5 heteroatoms. The van der Waals surface area contributed by atoms with Crippen LogP contribution in [-0.2, 0) is 4.79 Å². The summed E-state index contributed by atoms with van der Waals surface area (Å²) in [5.41, 5.74) is 3.45. The van der Waals surface area contributed by atoms with Crippen molar-refractivity contribution >= 4 is 11.7 Å². The Kier molecular flexibility index (Phi) is 6.57. The van der Waals surface area contributed by atoms with E-state index in [1.807, 2.05) is 33.2 Å². The van der Waals surface area contributed by atoms with E-state index < -0.39 is 5.97 Å². The molecule has 1 aliphatic heterocycles. The van der Waals surface area contributed by atoms with Crippen LogP contribution in [0.25, 0.3) is 0 Å². The van der Waals surface area contributed by atoms with Gasteiger partial charge in [-0.2, -0.15) is 0 Å². The van der Waals surface area contributed by atoms with Crippen LogP contribution in [0.2, 0.25) is 0 Å². The maximum Gasteiger partial charge on any atom is 0.307 e. The van der Waals surface area contributed by atoms with Gasteiger partial charge in [0.05, 0.1) is 18.6 Å². The van der Waals surface area contributed by atoms with Crippen molar-refractivity contribution in [3.05, 3.63) is 59.7 Å². The fourth-order valence-electron chi connectivity index (χ4n) is 3.95. The SMILES string of the molecule is CCOc1cccc(C(c2ccc(N(C)C)cc2)N2CCCC(C(=O)O)C2)c1. The molecule has 0 aliphatic carbocycles. The predicted molar refractivity (Wildman–Crippen MR) is 112 cm³/mol. The van der Waals surface area contributed by atoms with Gasteiger partial charge >= 0.3 is 5.97 Å². The van der Waals surface area contributed by atoms with Crippen LogP contribution in [0.3, 0.4) is 0 Å². The molecule has 0 aromatic heterocycles. The van der Waals surface area contributed by atoms with Crippen molar-refractivity contribution in [2.24, 2.45) is 5.92 Å². The van der Waals surface area contributed by atoms with E-state index in [9.17, 15) is 9.90 Å². The molecule has 1 saturated heterocycles. The molecular formula is C23H30N2O3. The monoisotopic (exact) mass is 382 g/mol. The van der Waals surface area contributed by atoms with Crippen LogP contribution < -0.4 is 9.64 Å². The van der Waals surface area contributed by atoms with Crippen LogP contribution >= 0.6 is 0 Å². The molecular weight excluding hydrogens is 352 g/mol. The van der Waals surface area contributed by atoms with Gasteiger partial charge in [0.2, 0.25) is 0 Å². The number of benzene rings is 2. The summed E-state index contributed by atoms with van der Waals surface area (Å²) in [6.07, 6.45) is 1.64. The van der Waals surface area contributed by atoms with E-state index in [1.54, 1.807) is 0 Å². The zero-order valence-electron chi connectivity index (χ0n) is 17.0. The number of hydrogen-bond acceptors (Lipinski definition) is 4. The lowest BCUT2D eigenvalue weighted by molar-refractivity contribution is -0.143. The number of ether oxygens (including phenoxy) is 1. The quantitative estimate of drug-likeness (QED) is 0.783. The van der Waals surface area contributed by atoms with Crippen LogP contribution in [0.5, 0.6) is 5.75 Å². The normalized spacial score (nSPS) is 18.5. The number of piperidine rings is 1. The minimum Gasteiger partial charge on any atom is -0.494 e. The molecule has 3 rings (SSSR count). The van der Waals surface area contributed by atoms with E-state index in [1.165, 1.54) is 5.56 Å². The summed E-state index contributed by atoms with van der Waals surface area (Å²) >= 11 is 0. The Bertz CT molecular complexity index is 789. The lowest BCUT2D eigenvalue weighted by Crippen LogP contribution is -2.41. The molecule has 1 fully saturated rings. The predicted octanol–water partition coefficient (Wildman–Crippen LogP) is 4.04. The number of aliphatic carboxylic acids is 1. The van der Waals surface area contributed by atoms with Gasteiger partial charge in [0.25, 0.3) is 0 Å². The summed E-state index contributed by atoms with van der Waals surface area (Å²) in [6.45, 7) is 4.06. The molecule has 5 nitrogen and oxygen atoms in total. The smallest absolute Gasteiger partial charge is 0.307 e. The van der Waals surface area contributed by atoms with E-state index in [-0.39, 0.29) is 12.0 Å². The molecule has 2 aromatic rings. The number of rotatable bonds is 7. The first-order valence-electron chi connectivity index (χ1n) is 9.96. The zero-order chi connectivity index (χ0) is 20.1. The Morgan fingerprint density at radius 1 is 1.21 bits per heavy atom.